The molecule has 0 saturated heterocycles. The Balaban J connectivity index is 1.58. The van der Waals surface area contributed by atoms with Crippen LogP contribution in [0.4, 0.5) is 10.1 Å². The summed E-state index contributed by atoms with van der Waals surface area (Å²) < 4.78 is 18.7. The largest absolute Gasteiger partial charge is 0.483 e. The molecule has 5 nitrogen and oxygen atoms in total. The number of carbonyl (C=O) groups is 2. The zero-order chi connectivity index (χ0) is 19.8. The molecule has 0 heterocycles. The fraction of sp³-hybridized carbons (Fsp3) is 0.0909. The highest BCUT2D eigenvalue weighted by Crippen LogP contribution is 2.18. The first-order valence-corrected chi connectivity index (χ1v) is 8.71. The van der Waals surface area contributed by atoms with E-state index in [2.05, 4.69) is 10.6 Å². The quantitative estimate of drug-likeness (QED) is 0.658. The fourth-order valence-corrected chi connectivity index (χ4v) is 2.56. The van der Waals surface area contributed by atoms with Crippen molar-refractivity contribution in [2.45, 2.75) is 6.54 Å². The third-order valence-corrected chi connectivity index (χ3v) is 3.89. The van der Waals surface area contributed by atoms with Crippen molar-refractivity contribution in [2.75, 3.05) is 11.9 Å². The predicted molar refractivity (Wildman–Crippen MR) is 105 cm³/mol. The molecule has 3 aromatic rings. The first-order valence-electron chi connectivity index (χ1n) is 8.71. The third kappa shape index (κ3) is 5.41. The van der Waals surface area contributed by atoms with E-state index in [-0.39, 0.29) is 12.5 Å². The van der Waals surface area contributed by atoms with Crippen molar-refractivity contribution < 1.29 is 18.7 Å². The molecule has 0 atom stereocenters. The number of rotatable bonds is 7. The van der Waals surface area contributed by atoms with Crippen LogP contribution in [0.1, 0.15) is 15.9 Å². The van der Waals surface area contributed by atoms with Gasteiger partial charge in [0.1, 0.15) is 11.6 Å². The van der Waals surface area contributed by atoms with Crippen molar-refractivity contribution in [3.8, 4) is 5.75 Å². The molecule has 0 aromatic heterocycles. The van der Waals surface area contributed by atoms with Gasteiger partial charge >= 0.3 is 0 Å². The molecule has 0 bridgehead atoms. The molecule has 0 aliphatic heterocycles. The van der Waals surface area contributed by atoms with Gasteiger partial charge in [-0.3, -0.25) is 9.59 Å². The lowest BCUT2D eigenvalue weighted by molar-refractivity contribution is -0.118. The first kappa shape index (κ1) is 19.1. The van der Waals surface area contributed by atoms with Crippen molar-refractivity contribution in [3.05, 3.63) is 95.8 Å². The summed E-state index contributed by atoms with van der Waals surface area (Å²) in [6.45, 7) is 0.0769. The Hall–Kier alpha value is -3.67. The maximum Gasteiger partial charge on any atom is 0.262 e. The van der Waals surface area contributed by atoms with Gasteiger partial charge in [-0.1, -0.05) is 48.5 Å². The zero-order valence-corrected chi connectivity index (χ0v) is 15.0. The van der Waals surface area contributed by atoms with Crippen LogP contribution in [0.5, 0.6) is 5.75 Å². The summed E-state index contributed by atoms with van der Waals surface area (Å²) in [4.78, 5) is 24.5. The van der Waals surface area contributed by atoms with Crippen molar-refractivity contribution in [1.82, 2.24) is 5.32 Å². The van der Waals surface area contributed by atoms with Crippen molar-refractivity contribution >= 4 is 17.5 Å². The smallest absolute Gasteiger partial charge is 0.262 e. The van der Waals surface area contributed by atoms with Crippen molar-refractivity contribution in [1.29, 1.82) is 0 Å². The molecular weight excluding hydrogens is 359 g/mol. The van der Waals surface area contributed by atoms with Crippen molar-refractivity contribution in [2.24, 2.45) is 0 Å². The van der Waals surface area contributed by atoms with Crippen LogP contribution in [0, 0.1) is 5.82 Å². The number of nitrogens with one attached hydrogen (secondary N) is 2. The Morgan fingerprint density at radius 2 is 1.64 bits per heavy atom. The van der Waals surface area contributed by atoms with Crippen LogP contribution < -0.4 is 15.4 Å². The third-order valence-electron chi connectivity index (χ3n) is 3.89. The molecular formula is C22H19FN2O3. The minimum absolute atomic E-state index is 0.294. The lowest BCUT2D eigenvalue weighted by Crippen LogP contribution is -2.25. The highest BCUT2D eigenvalue weighted by Gasteiger charge is 2.13. The second-order valence-electron chi connectivity index (χ2n) is 6.01. The van der Waals surface area contributed by atoms with Gasteiger partial charge in [-0.25, -0.2) is 4.39 Å². The molecule has 6 heteroatoms. The normalized spacial score (nSPS) is 10.2. The Labute approximate surface area is 162 Å². The molecule has 0 aliphatic carbocycles. The molecule has 2 N–H and O–H groups in total. The summed E-state index contributed by atoms with van der Waals surface area (Å²) >= 11 is 0. The van der Waals surface area contributed by atoms with Crippen LogP contribution >= 0.6 is 0 Å². The summed E-state index contributed by atoms with van der Waals surface area (Å²) in [7, 11) is 0. The van der Waals surface area contributed by atoms with Gasteiger partial charge in [0.15, 0.2) is 6.61 Å². The average molecular weight is 378 g/mol. The molecule has 0 spiro atoms. The van der Waals surface area contributed by atoms with Gasteiger partial charge in [-0.05, 0) is 35.9 Å². The molecule has 142 valence electrons. The Morgan fingerprint density at radius 1 is 0.893 bits per heavy atom. The minimum Gasteiger partial charge on any atom is -0.483 e. The van der Waals surface area contributed by atoms with Crippen LogP contribution in [0.25, 0.3) is 0 Å². The topological polar surface area (TPSA) is 67.4 Å². The Morgan fingerprint density at radius 3 is 2.43 bits per heavy atom. The lowest BCUT2D eigenvalue weighted by atomic mass is 10.1. The van der Waals surface area contributed by atoms with Gasteiger partial charge in [0.25, 0.3) is 11.8 Å². The first-order chi connectivity index (χ1) is 13.6. The second kappa shape index (κ2) is 9.32. The number of halogens is 1. The van der Waals surface area contributed by atoms with E-state index in [9.17, 15) is 14.0 Å². The number of carbonyl (C=O) groups excluding carboxylic acids is 2. The summed E-state index contributed by atoms with van der Waals surface area (Å²) in [5.41, 5.74) is 1.64. The standard InChI is InChI=1S/C22H19FN2O3/c23-17-9-6-10-18(13-17)25-21(26)15-28-20-12-5-4-11-19(20)22(27)24-14-16-7-2-1-3-8-16/h1-13H,14-15H2,(H,24,27)(H,25,26). The maximum absolute atomic E-state index is 13.2. The van der Waals surface area contributed by atoms with Crippen LogP contribution in [-0.2, 0) is 11.3 Å². The number of para-hydroxylation sites is 1. The minimum atomic E-state index is -0.454. The van der Waals surface area contributed by atoms with E-state index in [0.29, 0.717) is 23.5 Å². The predicted octanol–water partition coefficient (Wildman–Crippen LogP) is 3.77. The molecule has 0 saturated carbocycles. The Kier molecular flexibility index (Phi) is 6.36. The highest BCUT2D eigenvalue weighted by molar-refractivity contribution is 5.97. The molecule has 0 unspecified atom stereocenters. The zero-order valence-electron chi connectivity index (χ0n) is 15.0. The van der Waals surface area contributed by atoms with Crippen LogP contribution in [0.15, 0.2) is 78.9 Å². The molecule has 3 rings (SSSR count). The number of ether oxygens (including phenoxy) is 1. The molecule has 0 fully saturated rings. The van der Waals surface area contributed by atoms with E-state index in [1.807, 2.05) is 30.3 Å². The molecule has 0 aliphatic rings. The lowest BCUT2D eigenvalue weighted by Gasteiger charge is -2.12. The van der Waals surface area contributed by atoms with Crippen LogP contribution in [0.3, 0.4) is 0 Å². The molecule has 28 heavy (non-hydrogen) atoms. The van der Waals surface area contributed by atoms with Gasteiger partial charge in [-0.2, -0.15) is 0 Å². The van der Waals surface area contributed by atoms with Crippen molar-refractivity contribution in [3.63, 3.8) is 0 Å². The van der Waals surface area contributed by atoms with Gasteiger partial charge in [-0.15, -0.1) is 0 Å². The summed E-state index contributed by atoms with van der Waals surface area (Å²) in [5, 5.41) is 5.37. The number of hydrogen-bond donors (Lipinski definition) is 2. The van der Waals surface area contributed by atoms with Gasteiger partial charge in [0, 0.05) is 12.2 Å². The summed E-state index contributed by atoms with van der Waals surface area (Å²) in [5.74, 6) is -0.906. The Bertz CT molecular complexity index is 961. The van der Waals surface area contributed by atoms with Crippen LogP contribution in [-0.4, -0.2) is 18.4 Å². The van der Waals surface area contributed by atoms with E-state index < -0.39 is 11.7 Å². The van der Waals surface area contributed by atoms with E-state index >= 15 is 0 Å². The summed E-state index contributed by atoms with van der Waals surface area (Å²) in [6, 6.07) is 21.8. The number of anilines is 1. The van der Waals surface area contributed by atoms with Crippen LogP contribution in [0.2, 0.25) is 0 Å². The number of hydrogen-bond acceptors (Lipinski definition) is 3. The molecule has 2 amide bonds. The van der Waals surface area contributed by atoms with E-state index in [1.54, 1.807) is 30.3 Å². The monoisotopic (exact) mass is 378 g/mol. The van der Waals surface area contributed by atoms with Gasteiger partial charge < -0.3 is 15.4 Å². The molecule has 3 aromatic carbocycles. The van der Waals surface area contributed by atoms with E-state index in [4.69, 9.17) is 4.74 Å². The number of benzene rings is 3. The highest BCUT2D eigenvalue weighted by atomic mass is 19.1. The fourth-order valence-electron chi connectivity index (χ4n) is 2.56. The number of amides is 2. The molecule has 0 radical (unpaired) electrons. The van der Waals surface area contributed by atoms with Gasteiger partial charge in [0.2, 0.25) is 0 Å². The van der Waals surface area contributed by atoms with Gasteiger partial charge in [0.05, 0.1) is 5.56 Å². The summed E-state index contributed by atoms with van der Waals surface area (Å²) in [6.07, 6.45) is 0. The second-order valence-corrected chi connectivity index (χ2v) is 6.01. The van der Waals surface area contributed by atoms with E-state index in [1.165, 1.54) is 18.2 Å². The maximum atomic E-state index is 13.2. The average Bonchev–Trinajstić information content (AvgIpc) is 2.71. The SMILES string of the molecule is O=C(COc1ccccc1C(=O)NCc1ccccc1)Nc1cccc(F)c1. The van der Waals surface area contributed by atoms with E-state index in [0.717, 1.165) is 5.56 Å².